The van der Waals surface area contributed by atoms with Crippen LogP contribution in [0.5, 0.6) is 0 Å². The molecular formula is C24H22N2O4. The van der Waals surface area contributed by atoms with E-state index in [0.717, 1.165) is 43.6 Å². The van der Waals surface area contributed by atoms with Gasteiger partial charge in [-0.25, -0.2) is 0 Å². The normalized spacial score (nSPS) is 27.5. The maximum Gasteiger partial charge on any atom is 0.163 e. The molecule has 3 aromatic carbocycles. The van der Waals surface area contributed by atoms with E-state index in [2.05, 4.69) is 23.2 Å². The molecule has 2 aromatic heterocycles. The van der Waals surface area contributed by atoms with Crippen molar-refractivity contribution in [1.82, 2.24) is 9.55 Å². The van der Waals surface area contributed by atoms with E-state index < -0.39 is 30.6 Å². The SMILES string of the molecule is C[C@@H]1O[C@@H](n2c3ccccc3c3ccc4c5ccccc5[nH]c4c32)[C@H](O)[C@@H](O)[C@@H]1O. The third kappa shape index (κ3) is 2.27. The average molecular weight is 402 g/mol. The molecule has 6 heteroatoms. The number of benzene rings is 3. The summed E-state index contributed by atoms with van der Waals surface area (Å²) < 4.78 is 8.01. The monoisotopic (exact) mass is 402 g/mol. The highest BCUT2D eigenvalue weighted by Crippen LogP contribution is 2.41. The predicted molar refractivity (Wildman–Crippen MR) is 116 cm³/mol. The molecule has 3 heterocycles. The van der Waals surface area contributed by atoms with Crippen LogP contribution in [-0.4, -0.2) is 49.3 Å². The Morgan fingerprint density at radius 2 is 1.47 bits per heavy atom. The molecule has 1 fully saturated rings. The van der Waals surface area contributed by atoms with Crippen LogP contribution in [0.3, 0.4) is 0 Å². The standard InChI is InChI=1S/C24H22N2O4/c1-12-21(27)22(28)23(29)24(30-12)26-18-9-5-3-7-14(18)16-11-10-15-13-6-2-4-8-17(13)25-19(15)20(16)26/h2-12,21-25,27-29H,1H3/t12-,21+,22-,23+,24+/m0/s1. The van der Waals surface area contributed by atoms with E-state index in [1.807, 2.05) is 47.0 Å². The molecule has 5 atom stereocenters. The number of H-pyrrole nitrogens is 1. The lowest BCUT2D eigenvalue weighted by atomic mass is 9.99. The molecule has 0 saturated carbocycles. The Kier molecular flexibility index (Phi) is 3.76. The molecule has 0 bridgehead atoms. The first-order chi connectivity index (χ1) is 14.6. The molecule has 6 nitrogen and oxygen atoms in total. The fourth-order valence-corrected chi connectivity index (χ4v) is 4.91. The average Bonchev–Trinajstić information content (AvgIpc) is 3.31. The largest absolute Gasteiger partial charge is 0.388 e. The minimum Gasteiger partial charge on any atom is -0.388 e. The van der Waals surface area contributed by atoms with Gasteiger partial charge in [0, 0.05) is 27.1 Å². The summed E-state index contributed by atoms with van der Waals surface area (Å²) in [6.07, 6.45) is -5.16. The number of aliphatic hydroxyl groups is 3. The van der Waals surface area contributed by atoms with E-state index in [1.54, 1.807) is 6.92 Å². The van der Waals surface area contributed by atoms with Gasteiger partial charge in [-0.2, -0.15) is 0 Å². The maximum absolute atomic E-state index is 10.9. The Morgan fingerprint density at radius 3 is 2.30 bits per heavy atom. The summed E-state index contributed by atoms with van der Waals surface area (Å²) in [5.41, 5.74) is 3.79. The third-order valence-corrected chi connectivity index (χ3v) is 6.43. The van der Waals surface area contributed by atoms with Crippen LogP contribution in [-0.2, 0) is 4.74 Å². The number of ether oxygens (including phenoxy) is 1. The molecule has 152 valence electrons. The second kappa shape index (κ2) is 6.30. The van der Waals surface area contributed by atoms with Crippen LogP contribution in [0, 0.1) is 0 Å². The second-order valence-corrected chi connectivity index (χ2v) is 8.15. The number of nitrogens with zero attached hydrogens (tertiary/aromatic N) is 1. The zero-order valence-electron chi connectivity index (χ0n) is 16.4. The van der Waals surface area contributed by atoms with Crippen molar-refractivity contribution in [3.8, 4) is 0 Å². The Labute approximate surface area is 171 Å². The lowest BCUT2D eigenvalue weighted by Gasteiger charge is -2.40. The smallest absolute Gasteiger partial charge is 0.163 e. The summed E-state index contributed by atoms with van der Waals surface area (Å²) in [6.45, 7) is 1.71. The third-order valence-electron chi connectivity index (χ3n) is 6.43. The number of aromatic amines is 1. The molecule has 0 spiro atoms. The van der Waals surface area contributed by atoms with Gasteiger partial charge in [0.05, 0.1) is 22.7 Å². The highest BCUT2D eigenvalue weighted by molar-refractivity contribution is 6.22. The molecule has 1 saturated heterocycles. The van der Waals surface area contributed by atoms with E-state index in [-0.39, 0.29) is 0 Å². The summed E-state index contributed by atoms with van der Waals surface area (Å²) in [5.74, 6) is 0. The maximum atomic E-state index is 10.9. The second-order valence-electron chi connectivity index (χ2n) is 8.15. The Morgan fingerprint density at radius 1 is 0.767 bits per heavy atom. The van der Waals surface area contributed by atoms with Crippen LogP contribution in [0.1, 0.15) is 13.2 Å². The van der Waals surface area contributed by atoms with Gasteiger partial charge in [-0.15, -0.1) is 0 Å². The number of rotatable bonds is 1. The molecule has 6 rings (SSSR count). The number of hydrogen-bond acceptors (Lipinski definition) is 4. The lowest BCUT2D eigenvalue weighted by molar-refractivity contribution is -0.238. The van der Waals surface area contributed by atoms with Crippen molar-refractivity contribution in [2.75, 3.05) is 0 Å². The van der Waals surface area contributed by atoms with Gasteiger partial charge >= 0.3 is 0 Å². The molecule has 0 aliphatic carbocycles. The van der Waals surface area contributed by atoms with Gasteiger partial charge in [-0.05, 0) is 19.1 Å². The van der Waals surface area contributed by atoms with Gasteiger partial charge in [-0.1, -0.05) is 48.5 Å². The zero-order valence-corrected chi connectivity index (χ0v) is 16.4. The fraction of sp³-hybridized carbons (Fsp3) is 0.250. The number of para-hydroxylation sites is 2. The van der Waals surface area contributed by atoms with E-state index in [1.165, 1.54) is 0 Å². The summed E-state index contributed by atoms with van der Waals surface area (Å²) in [6, 6.07) is 20.3. The molecule has 0 amide bonds. The van der Waals surface area contributed by atoms with E-state index in [9.17, 15) is 15.3 Å². The van der Waals surface area contributed by atoms with Crippen molar-refractivity contribution < 1.29 is 20.1 Å². The molecular weight excluding hydrogens is 380 g/mol. The topological polar surface area (TPSA) is 90.6 Å². The van der Waals surface area contributed by atoms with Crippen molar-refractivity contribution in [1.29, 1.82) is 0 Å². The summed E-state index contributed by atoms with van der Waals surface area (Å²) in [7, 11) is 0. The Bertz CT molecular complexity index is 1420. The van der Waals surface area contributed by atoms with Gasteiger partial charge < -0.3 is 29.6 Å². The first-order valence-corrected chi connectivity index (χ1v) is 10.2. The highest BCUT2D eigenvalue weighted by Gasteiger charge is 2.43. The number of fused-ring (bicyclic) bond motifs is 7. The van der Waals surface area contributed by atoms with E-state index >= 15 is 0 Å². The highest BCUT2D eigenvalue weighted by atomic mass is 16.5. The van der Waals surface area contributed by atoms with Crippen molar-refractivity contribution in [2.45, 2.75) is 37.6 Å². The van der Waals surface area contributed by atoms with Crippen LogP contribution in [0.25, 0.3) is 43.6 Å². The van der Waals surface area contributed by atoms with Gasteiger partial charge in [0.1, 0.15) is 18.3 Å². The summed E-state index contributed by atoms with van der Waals surface area (Å²) in [4.78, 5) is 3.54. The van der Waals surface area contributed by atoms with Gasteiger partial charge in [-0.3, -0.25) is 0 Å². The summed E-state index contributed by atoms with van der Waals surface area (Å²) in [5, 5.41) is 35.8. The number of hydrogen-bond donors (Lipinski definition) is 4. The van der Waals surface area contributed by atoms with Crippen molar-refractivity contribution >= 4 is 43.6 Å². The fourth-order valence-electron chi connectivity index (χ4n) is 4.91. The molecule has 1 aliphatic rings. The van der Waals surface area contributed by atoms with Gasteiger partial charge in [0.15, 0.2) is 6.23 Å². The van der Waals surface area contributed by atoms with Crippen LogP contribution >= 0.6 is 0 Å². The van der Waals surface area contributed by atoms with Crippen molar-refractivity contribution in [2.24, 2.45) is 0 Å². The van der Waals surface area contributed by atoms with Crippen molar-refractivity contribution in [3.05, 3.63) is 60.7 Å². The first kappa shape index (κ1) is 17.9. The number of nitrogens with one attached hydrogen (secondary N) is 1. The quantitative estimate of drug-likeness (QED) is 0.346. The molecule has 1 aliphatic heterocycles. The lowest BCUT2D eigenvalue weighted by Crippen LogP contribution is -2.54. The van der Waals surface area contributed by atoms with Crippen LogP contribution < -0.4 is 0 Å². The predicted octanol–water partition coefficient (Wildman–Crippen LogP) is 3.43. The number of aliphatic hydroxyl groups excluding tert-OH is 3. The van der Waals surface area contributed by atoms with Crippen molar-refractivity contribution in [3.63, 3.8) is 0 Å². The molecule has 4 N–H and O–H groups in total. The van der Waals surface area contributed by atoms with E-state index in [0.29, 0.717) is 0 Å². The van der Waals surface area contributed by atoms with Crippen LogP contribution in [0.2, 0.25) is 0 Å². The Balaban J connectivity index is 1.75. The minimum atomic E-state index is -1.29. The first-order valence-electron chi connectivity index (χ1n) is 10.2. The number of aromatic nitrogens is 2. The van der Waals surface area contributed by atoms with Gasteiger partial charge in [0.2, 0.25) is 0 Å². The van der Waals surface area contributed by atoms with Crippen LogP contribution in [0.4, 0.5) is 0 Å². The molecule has 5 aromatic rings. The molecule has 30 heavy (non-hydrogen) atoms. The zero-order chi connectivity index (χ0) is 20.6. The molecule has 0 unspecified atom stereocenters. The van der Waals surface area contributed by atoms with Gasteiger partial charge in [0.25, 0.3) is 0 Å². The summed E-state index contributed by atoms with van der Waals surface area (Å²) >= 11 is 0. The van der Waals surface area contributed by atoms with E-state index in [4.69, 9.17) is 4.74 Å². The molecule has 0 radical (unpaired) electrons. The van der Waals surface area contributed by atoms with Crippen LogP contribution in [0.15, 0.2) is 60.7 Å². The Hall–Kier alpha value is -2.90. The minimum absolute atomic E-state index is 0.619.